The fraction of sp³-hybridized carbons (Fsp3) is 0.176. The lowest BCUT2D eigenvalue weighted by Crippen LogP contribution is -2.22. The van der Waals surface area contributed by atoms with Gasteiger partial charge in [0.1, 0.15) is 5.75 Å². The van der Waals surface area contributed by atoms with Gasteiger partial charge in [-0.1, -0.05) is 11.6 Å². The molecule has 0 aromatic heterocycles. The van der Waals surface area contributed by atoms with Crippen LogP contribution in [0.2, 0.25) is 5.02 Å². The minimum Gasteiger partial charge on any atom is -0.406 e. The summed E-state index contributed by atoms with van der Waals surface area (Å²) in [6.07, 6.45) is -4.78. The highest BCUT2D eigenvalue weighted by atomic mass is 35.5. The highest BCUT2D eigenvalue weighted by molar-refractivity contribution is 6.33. The van der Waals surface area contributed by atoms with Gasteiger partial charge in [-0.25, -0.2) is 0 Å². The van der Waals surface area contributed by atoms with Gasteiger partial charge in [-0.05, 0) is 42.5 Å². The minimum atomic E-state index is -4.78. The van der Waals surface area contributed by atoms with Crippen LogP contribution in [0.5, 0.6) is 5.75 Å². The normalized spacial score (nSPS) is 10.9. The van der Waals surface area contributed by atoms with E-state index in [0.717, 1.165) is 12.1 Å². The molecule has 0 heterocycles. The van der Waals surface area contributed by atoms with Crippen molar-refractivity contribution in [3.8, 4) is 5.75 Å². The smallest absolute Gasteiger partial charge is 0.406 e. The maximum Gasteiger partial charge on any atom is 0.573 e. The second-order valence-electron chi connectivity index (χ2n) is 5.35. The van der Waals surface area contributed by atoms with Crippen LogP contribution in [-0.2, 0) is 9.59 Å². The quantitative estimate of drug-likeness (QED) is 0.676. The summed E-state index contributed by atoms with van der Waals surface area (Å²) >= 11 is 6.03. The van der Waals surface area contributed by atoms with Crippen LogP contribution in [-0.4, -0.2) is 24.7 Å². The van der Waals surface area contributed by atoms with E-state index in [-0.39, 0.29) is 18.2 Å². The summed E-state index contributed by atoms with van der Waals surface area (Å²) < 4.78 is 40.1. The van der Waals surface area contributed by atoms with Gasteiger partial charge in [0.2, 0.25) is 11.8 Å². The zero-order valence-corrected chi connectivity index (χ0v) is 14.7. The van der Waals surface area contributed by atoms with Gasteiger partial charge in [-0.3, -0.25) is 9.59 Å². The zero-order valence-electron chi connectivity index (χ0n) is 14.0. The second-order valence-corrected chi connectivity index (χ2v) is 5.76. The van der Waals surface area contributed by atoms with Crippen molar-refractivity contribution in [3.63, 3.8) is 0 Å². The molecule has 10 heteroatoms. The molecule has 0 saturated heterocycles. The Balaban J connectivity index is 1.92. The molecule has 144 valence electrons. The van der Waals surface area contributed by atoms with Crippen LogP contribution in [0.25, 0.3) is 0 Å². The molecule has 0 saturated carbocycles. The van der Waals surface area contributed by atoms with Crippen LogP contribution in [0.3, 0.4) is 0 Å². The molecule has 0 spiro atoms. The van der Waals surface area contributed by atoms with Gasteiger partial charge in [0.25, 0.3) is 0 Å². The molecule has 3 N–H and O–H groups in total. The molecule has 2 amide bonds. The number of carbonyl (C=O) groups is 2. The Morgan fingerprint density at radius 1 is 1.04 bits per heavy atom. The number of halogens is 4. The number of carbonyl (C=O) groups excluding carboxylic acids is 2. The molecule has 2 aromatic carbocycles. The van der Waals surface area contributed by atoms with Crippen LogP contribution < -0.4 is 20.7 Å². The number of benzene rings is 2. The predicted molar refractivity (Wildman–Crippen MR) is 96.0 cm³/mol. The maximum atomic E-state index is 12.1. The number of ether oxygens (including phenoxy) is 1. The number of alkyl halides is 3. The Bertz CT molecular complexity index is 826. The van der Waals surface area contributed by atoms with Crippen LogP contribution in [0.1, 0.15) is 6.92 Å². The molecule has 0 radical (unpaired) electrons. The van der Waals surface area contributed by atoms with Crippen LogP contribution in [0, 0.1) is 0 Å². The molecule has 2 rings (SSSR count). The monoisotopic (exact) mass is 401 g/mol. The lowest BCUT2D eigenvalue weighted by Gasteiger charge is -2.12. The standard InChI is InChI=1S/C17H15ClF3N3O3/c1-10(25)23-12-4-7-14(18)15(8-12)22-9-16(26)24-11-2-5-13(6-3-11)27-17(19,20)21/h2-8,22H,9H2,1H3,(H,23,25)(H,24,26). The summed E-state index contributed by atoms with van der Waals surface area (Å²) in [5, 5.41) is 8.28. The van der Waals surface area contributed by atoms with Crippen molar-refractivity contribution in [3.05, 3.63) is 47.5 Å². The Labute approximate surface area is 157 Å². The van der Waals surface area contributed by atoms with Crippen molar-refractivity contribution in [1.82, 2.24) is 0 Å². The first-order valence-electron chi connectivity index (χ1n) is 7.59. The van der Waals surface area contributed by atoms with E-state index >= 15 is 0 Å². The Hall–Kier alpha value is -2.94. The van der Waals surface area contributed by atoms with Crippen molar-refractivity contribution < 1.29 is 27.5 Å². The molecule has 27 heavy (non-hydrogen) atoms. The van der Waals surface area contributed by atoms with Gasteiger partial charge < -0.3 is 20.7 Å². The summed E-state index contributed by atoms with van der Waals surface area (Å²) in [7, 11) is 0. The second kappa shape index (κ2) is 8.63. The lowest BCUT2D eigenvalue weighted by atomic mass is 10.2. The molecule has 6 nitrogen and oxygen atoms in total. The third-order valence-electron chi connectivity index (χ3n) is 3.10. The molecule has 0 fully saturated rings. The lowest BCUT2D eigenvalue weighted by molar-refractivity contribution is -0.274. The van der Waals surface area contributed by atoms with Crippen molar-refractivity contribution in [1.29, 1.82) is 0 Å². The van der Waals surface area contributed by atoms with E-state index in [2.05, 4.69) is 20.7 Å². The van der Waals surface area contributed by atoms with Gasteiger partial charge in [-0.2, -0.15) is 0 Å². The van der Waals surface area contributed by atoms with Crippen LogP contribution in [0.4, 0.5) is 30.2 Å². The molecule has 2 aromatic rings. The first-order chi connectivity index (χ1) is 12.6. The molecule has 0 aliphatic carbocycles. The Morgan fingerprint density at radius 3 is 2.26 bits per heavy atom. The fourth-order valence-corrected chi connectivity index (χ4v) is 2.25. The number of rotatable bonds is 6. The molecular weight excluding hydrogens is 387 g/mol. The Morgan fingerprint density at radius 2 is 1.67 bits per heavy atom. The molecular formula is C17H15ClF3N3O3. The number of amides is 2. The zero-order chi connectivity index (χ0) is 20.0. The van der Waals surface area contributed by atoms with E-state index in [0.29, 0.717) is 22.1 Å². The predicted octanol–water partition coefficient (Wildman–Crippen LogP) is 4.25. The topological polar surface area (TPSA) is 79.5 Å². The van der Waals surface area contributed by atoms with Gasteiger partial charge in [-0.15, -0.1) is 13.2 Å². The number of hydrogen-bond acceptors (Lipinski definition) is 4. The molecule has 0 aliphatic heterocycles. The molecule has 0 aliphatic rings. The van der Waals surface area contributed by atoms with E-state index in [1.165, 1.54) is 19.1 Å². The first-order valence-corrected chi connectivity index (χ1v) is 7.97. The molecule has 0 unspecified atom stereocenters. The summed E-state index contributed by atoms with van der Waals surface area (Å²) in [6, 6.07) is 9.48. The van der Waals surface area contributed by atoms with E-state index < -0.39 is 12.3 Å². The summed E-state index contributed by atoms with van der Waals surface area (Å²) in [5.74, 6) is -1.08. The van der Waals surface area contributed by atoms with Gasteiger partial charge >= 0.3 is 6.36 Å². The Kier molecular flexibility index (Phi) is 6.51. The highest BCUT2D eigenvalue weighted by Crippen LogP contribution is 2.26. The van der Waals surface area contributed by atoms with Crippen molar-refractivity contribution >= 4 is 40.5 Å². The van der Waals surface area contributed by atoms with Gasteiger partial charge in [0, 0.05) is 18.3 Å². The molecule has 0 atom stereocenters. The first kappa shape index (κ1) is 20.4. The van der Waals surface area contributed by atoms with Crippen molar-refractivity contribution in [2.75, 3.05) is 22.5 Å². The van der Waals surface area contributed by atoms with E-state index in [1.807, 2.05) is 0 Å². The SMILES string of the molecule is CC(=O)Nc1ccc(Cl)c(NCC(=O)Nc2ccc(OC(F)(F)F)cc2)c1. The van der Waals surface area contributed by atoms with Crippen LogP contribution in [0.15, 0.2) is 42.5 Å². The van der Waals surface area contributed by atoms with Crippen molar-refractivity contribution in [2.24, 2.45) is 0 Å². The summed E-state index contributed by atoms with van der Waals surface area (Å²) in [5.41, 5.74) is 1.25. The third-order valence-corrected chi connectivity index (χ3v) is 3.43. The van der Waals surface area contributed by atoms with Gasteiger partial charge in [0.15, 0.2) is 0 Å². The van der Waals surface area contributed by atoms with E-state index in [4.69, 9.17) is 11.6 Å². The van der Waals surface area contributed by atoms with E-state index in [9.17, 15) is 22.8 Å². The van der Waals surface area contributed by atoms with E-state index in [1.54, 1.807) is 18.2 Å². The third kappa shape index (κ3) is 7.06. The largest absolute Gasteiger partial charge is 0.573 e. The highest BCUT2D eigenvalue weighted by Gasteiger charge is 2.30. The minimum absolute atomic E-state index is 0.149. The maximum absolute atomic E-state index is 12.1. The van der Waals surface area contributed by atoms with Gasteiger partial charge in [0.05, 0.1) is 17.3 Å². The van der Waals surface area contributed by atoms with Crippen LogP contribution >= 0.6 is 11.6 Å². The number of anilines is 3. The number of nitrogens with one attached hydrogen (secondary N) is 3. The van der Waals surface area contributed by atoms with Crippen molar-refractivity contribution in [2.45, 2.75) is 13.3 Å². The summed E-state index contributed by atoms with van der Waals surface area (Å²) in [4.78, 5) is 23.1. The average Bonchev–Trinajstić information content (AvgIpc) is 2.55. The number of hydrogen-bond donors (Lipinski definition) is 3. The fourth-order valence-electron chi connectivity index (χ4n) is 2.06. The molecule has 0 bridgehead atoms. The summed E-state index contributed by atoms with van der Waals surface area (Å²) in [6.45, 7) is 1.21. The average molecular weight is 402 g/mol.